The van der Waals surface area contributed by atoms with E-state index in [1.807, 2.05) is 26.0 Å². The summed E-state index contributed by atoms with van der Waals surface area (Å²) >= 11 is 10.5. The largest absolute Gasteiger partial charge is 0.493 e. The smallest absolute Gasteiger partial charge is 0.282 e. The van der Waals surface area contributed by atoms with Gasteiger partial charge in [-0.2, -0.15) is 9.78 Å². The SMILES string of the molecule is COc1cc(C=Nn2c(C(C)C)nc3ccc(Br)cc3c2=O)c(Br)c(Br)c1OCC(=O)N1CCOCC1. The van der Waals surface area contributed by atoms with Gasteiger partial charge >= 0.3 is 0 Å². The Balaban J connectivity index is 1.67. The van der Waals surface area contributed by atoms with Crippen molar-refractivity contribution in [3.05, 3.63) is 59.4 Å². The summed E-state index contributed by atoms with van der Waals surface area (Å²) in [6, 6.07) is 7.12. The third-order valence-electron chi connectivity index (χ3n) is 5.74. The maximum atomic E-state index is 13.3. The van der Waals surface area contributed by atoms with E-state index in [-0.39, 0.29) is 24.0 Å². The fourth-order valence-electron chi connectivity index (χ4n) is 3.79. The minimum Gasteiger partial charge on any atom is -0.493 e. The van der Waals surface area contributed by atoms with Gasteiger partial charge in [-0.05, 0) is 56.1 Å². The van der Waals surface area contributed by atoms with Crippen molar-refractivity contribution < 1.29 is 19.0 Å². The predicted molar refractivity (Wildman–Crippen MR) is 152 cm³/mol. The topological polar surface area (TPSA) is 95.2 Å². The molecule has 0 spiro atoms. The molecule has 37 heavy (non-hydrogen) atoms. The first-order valence-corrected chi connectivity index (χ1v) is 13.9. The van der Waals surface area contributed by atoms with Crippen LogP contribution < -0.4 is 15.0 Å². The number of nitrogens with zero attached hydrogens (tertiary/aromatic N) is 4. The number of carbonyl (C=O) groups is 1. The maximum Gasteiger partial charge on any atom is 0.282 e. The number of aromatic nitrogens is 2. The highest BCUT2D eigenvalue weighted by Gasteiger charge is 2.21. The van der Waals surface area contributed by atoms with Crippen LogP contribution in [0.2, 0.25) is 0 Å². The van der Waals surface area contributed by atoms with Crippen molar-refractivity contribution >= 4 is 70.8 Å². The quantitative estimate of drug-likeness (QED) is 0.325. The molecule has 0 unspecified atom stereocenters. The second-order valence-electron chi connectivity index (χ2n) is 8.55. The molecule has 0 atom stereocenters. The number of amides is 1. The molecule has 1 aromatic heterocycles. The molecule has 2 aromatic carbocycles. The molecule has 196 valence electrons. The van der Waals surface area contributed by atoms with E-state index in [9.17, 15) is 9.59 Å². The van der Waals surface area contributed by atoms with Gasteiger partial charge in [0.1, 0.15) is 5.82 Å². The summed E-state index contributed by atoms with van der Waals surface area (Å²) in [5, 5.41) is 4.96. The summed E-state index contributed by atoms with van der Waals surface area (Å²) in [6.45, 7) is 5.89. The summed E-state index contributed by atoms with van der Waals surface area (Å²) in [7, 11) is 1.51. The first-order valence-electron chi connectivity index (χ1n) is 11.5. The number of rotatable bonds is 7. The Morgan fingerprint density at radius 2 is 1.92 bits per heavy atom. The van der Waals surface area contributed by atoms with Crippen molar-refractivity contribution in [2.24, 2.45) is 5.10 Å². The minimum atomic E-state index is -0.269. The fourth-order valence-corrected chi connectivity index (χ4v) is 5.09. The zero-order valence-corrected chi connectivity index (χ0v) is 25.2. The molecule has 1 aliphatic heterocycles. The second kappa shape index (κ2) is 12.1. The Morgan fingerprint density at radius 1 is 1.19 bits per heavy atom. The summed E-state index contributed by atoms with van der Waals surface area (Å²) < 4.78 is 20.0. The minimum absolute atomic E-state index is 0.0395. The molecule has 1 fully saturated rings. The Hall–Kier alpha value is -2.28. The molecule has 2 heterocycles. The van der Waals surface area contributed by atoms with Gasteiger partial charge in [0, 0.05) is 33.5 Å². The van der Waals surface area contributed by atoms with Crippen molar-refractivity contribution in [2.75, 3.05) is 40.0 Å². The summed E-state index contributed by atoms with van der Waals surface area (Å²) in [5.41, 5.74) is 0.976. The van der Waals surface area contributed by atoms with E-state index >= 15 is 0 Å². The molecule has 0 N–H and O–H groups in total. The zero-order valence-electron chi connectivity index (χ0n) is 20.5. The lowest BCUT2D eigenvalue weighted by molar-refractivity contribution is -0.137. The van der Waals surface area contributed by atoms with Crippen LogP contribution in [0.3, 0.4) is 0 Å². The first kappa shape index (κ1) is 27.7. The van der Waals surface area contributed by atoms with E-state index in [0.29, 0.717) is 69.0 Å². The van der Waals surface area contributed by atoms with Crippen molar-refractivity contribution in [2.45, 2.75) is 19.8 Å². The van der Waals surface area contributed by atoms with Gasteiger partial charge in [0.05, 0.1) is 41.9 Å². The van der Waals surface area contributed by atoms with Crippen molar-refractivity contribution in [3.8, 4) is 11.5 Å². The van der Waals surface area contributed by atoms with E-state index in [0.717, 1.165) is 4.47 Å². The predicted octanol–water partition coefficient (Wildman–Crippen LogP) is 4.94. The van der Waals surface area contributed by atoms with Crippen LogP contribution in [-0.2, 0) is 9.53 Å². The third-order valence-corrected chi connectivity index (χ3v) is 8.38. The first-order chi connectivity index (χ1) is 17.7. The molecule has 12 heteroatoms. The number of ether oxygens (including phenoxy) is 3. The molecule has 0 radical (unpaired) electrons. The van der Waals surface area contributed by atoms with Gasteiger partial charge in [-0.25, -0.2) is 4.98 Å². The molecule has 9 nitrogen and oxygen atoms in total. The van der Waals surface area contributed by atoms with Crippen molar-refractivity contribution in [1.82, 2.24) is 14.6 Å². The Kier molecular flexibility index (Phi) is 9.04. The number of halogens is 3. The number of morpholine rings is 1. The molecule has 4 rings (SSSR count). The lowest BCUT2D eigenvalue weighted by Crippen LogP contribution is -2.43. The van der Waals surface area contributed by atoms with Gasteiger partial charge in [-0.15, -0.1) is 0 Å². The zero-order chi connectivity index (χ0) is 26.7. The van der Waals surface area contributed by atoms with Gasteiger partial charge in [-0.1, -0.05) is 29.8 Å². The average Bonchev–Trinajstić information content (AvgIpc) is 2.90. The third kappa shape index (κ3) is 6.08. The standard InChI is InChI=1S/C25H25Br3N4O5/c1-14(2)24-30-18-5-4-16(26)11-17(18)25(34)32(24)29-12-15-10-19(35-3)23(22(28)21(15)27)37-13-20(33)31-6-8-36-9-7-31/h4-5,10-12,14H,6-9,13H2,1-3H3. The Morgan fingerprint density at radius 3 is 2.59 bits per heavy atom. The molecule has 0 aliphatic carbocycles. The second-order valence-corrected chi connectivity index (χ2v) is 11.1. The Bertz CT molecular complexity index is 1420. The summed E-state index contributed by atoms with van der Waals surface area (Å²) in [6.07, 6.45) is 1.55. The molecule has 0 bridgehead atoms. The lowest BCUT2D eigenvalue weighted by atomic mass is 10.2. The highest BCUT2D eigenvalue weighted by molar-refractivity contribution is 9.13. The molecule has 3 aromatic rings. The number of methoxy groups -OCH3 is 1. The number of hydrogen-bond donors (Lipinski definition) is 0. The van der Waals surface area contributed by atoms with Gasteiger partial charge < -0.3 is 19.1 Å². The summed E-state index contributed by atoms with van der Waals surface area (Å²) in [5.74, 6) is 1.16. The van der Waals surface area contributed by atoms with Crippen LogP contribution in [0, 0.1) is 0 Å². The molecule has 1 amide bonds. The van der Waals surface area contributed by atoms with Gasteiger partial charge in [0.25, 0.3) is 11.5 Å². The van der Waals surface area contributed by atoms with Crippen molar-refractivity contribution in [3.63, 3.8) is 0 Å². The van der Waals surface area contributed by atoms with Crippen LogP contribution in [0.4, 0.5) is 0 Å². The van der Waals surface area contributed by atoms with Crippen LogP contribution in [0.25, 0.3) is 10.9 Å². The number of carbonyl (C=O) groups excluding carboxylic acids is 1. The molecule has 1 saturated heterocycles. The highest BCUT2D eigenvalue weighted by atomic mass is 79.9. The van der Waals surface area contributed by atoms with Crippen LogP contribution in [0.1, 0.15) is 31.2 Å². The maximum absolute atomic E-state index is 13.3. The monoisotopic (exact) mass is 698 g/mol. The van der Waals surface area contributed by atoms with Gasteiger partial charge in [-0.3, -0.25) is 9.59 Å². The van der Waals surface area contributed by atoms with Crippen LogP contribution in [0.5, 0.6) is 11.5 Å². The molecule has 0 saturated carbocycles. The molecule has 1 aliphatic rings. The average molecular weight is 701 g/mol. The number of benzene rings is 2. The normalized spacial score (nSPS) is 14.1. The van der Waals surface area contributed by atoms with Crippen LogP contribution >= 0.6 is 47.8 Å². The number of hydrogen-bond acceptors (Lipinski definition) is 7. The van der Waals surface area contributed by atoms with E-state index in [1.165, 1.54) is 11.8 Å². The van der Waals surface area contributed by atoms with E-state index in [2.05, 4.69) is 57.9 Å². The fraction of sp³-hybridized carbons (Fsp3) is 0.360. The van der Waals surface area contributed by atoms with Crippen molar-refractivity contribution in [1.29, 1.82) is 0 Å². The molecular weight excluding hydrogens is 676 g/mol. The van der Waals surface area contributed by atoms with Gasteiger partial charge in [0.15, 0.2) is 18.1 Å². The van der Waals surface area contributed by atoms with Gasteiger partial charge in [0.2, 0.25) is 0 Å². The van der Waals surface area contributed by atoms with E-state index in [4.69, 9.17) is 14.2 Å². The van der Waals surface area contributed by atoms with Crippen LogP contribution in [-0.4, -0.2) is 66.7 Å². The number of fused-ring (bicyclic) bond motifs is 1. The highest BCUT2D eigenvalue weighted by Crippen LogP contribution is 2.42. The lowest BCUT2D eigenvalue weighted by Gasteiger charge is -2.27. The van der Waals surface area contributed by atoms with Crippen LogP contribution in [0.15, 0.2) is 47.6 Å². The summed E-state index contributed by atoms with van der Waals surface area (Å²) in [4.78, 5) is 32.2. The molecular formula is C25H25Br3N4O5. The van der Waals surface area contributed by atoms with E-state index < -0.39 is 0 Å². The van der Waals surface area contributed by atoms with E-state index in [1.54, 1.807) is 23.2 Å². The Labute approximate surface area is 239 Å².